The molecule has 2 rings (SSSR count). The first-order chi connectivity index (χ1) is 8.87. The van der Waals surface area contributed by atoms with Crippen LogP contribution in [0.4, 0.5) is 0 Å². The molecule has 0 bridgehead atoms. The lowest BCUT2D eigenvalue weighted by Crippen LogP contribution is -2.32. The molecule has 1 fully saturated rings. The van der Waals surface area contributed by atoms with Gasteiger partial charge in [0.15, 0.2) is 0 Å². The van der Waals surface area contributed by atoms with E-state index in [9.17, 15) is 13.2 Å². The molecular weight excluding hydrogens is 288 g/mol. The molecule has 2 heterocycles. The Balaban J connectivity index is 2.46. The Hall–Kier alpha value is -0.960. The van der Waals surface area contributed by atoms with E-state index in [2.05, 4.69) is 4.74 Å². The van der Waals surface area contributed by atoms with Gasteiger partial charge in [0, 0.05) is 19.1 Å². The number of sulfonamides is 1. The molecule has 0 radical (unpaired) electrons. The second kappa shape index (κ2) is 5.20. The van der Waals surface area contributed by atoms with Gasteiger partial charge in [-0.05, 0) is 24.3 Å². The summed E-state index contributed by atoms with van der Waals surface area (Å²) in [6, 6.07) is -0.143. The highest BCUT2D eigenvalue weighted by Gasteiger charge is 2.36. The molecule has 1 aliphatic heterocycles. The van der Waals surface area contributed by atoms with Crippen LogP contribution in [0.25, 0.3) is 0 Å². The van der Waals surface area contributed by atoms with Gasteiger partial charge in [-0.1, -0.05) is 0 Å². The summed E-state index contributed by atoms with van der Waals surface area (Å²) in [5.41, 5.74) is 6.30. The van der Waals surface area contributed by atoms with Gasteiger partial charge in [0.1, 0.15) is 9.77 Å². The summed E-state index contributed by atoms with van der Waals surface area (Å²) in [6.07, 6.45) is 0.635. The Morgan fingerprint density at radius 3 is 2.79 bits per heavy atom. The molecule has 106 valence electrons. The largest absolute Gasteiger partial charge is 0.465 e. The van der Waals surface area contributed by atoms with Crippen LogP contribution >= 0.6 is 11.3 Å². The van der Waals surface area contributed by atoms with Crippen LogP contribution in [-0.2, 0) is 14.8 Å². The summed E-state index contributed by atoms with van der Waals surface area (Å²) >= 11 is 1.08. The molecule has 0 aliphatic carbocycles. The molecule has 8 heteroatoms. The molecular formula is C11H16N2O4S2. The van der Waals surface area contributed by atoms with Gasteiger partial charge in [-0.2, -0.15) is 4.31 Å². The summed E-state index contributed by atoms with van der Waals surface area (Å²) < 4.78 is 31.1. The number of nitrogens with zero attached hydrogens (tertiary/aromatic N) is 1. The molecule has 1 aliphatic rings. The molecule has 2 N–H and O–H groups in total. The van der Waals surface area contributed by atoms with Gasteiger partial charge < -0.3 is 10.5 Å². The molecule has 0 saturated carbocycles. The maximum Gasteiger partial charge on any atom is 0.349 e. The van der Waals surface area contributed by atoms with E-state index in [0.29, 0.717) is 18.5 Å². The van der Waals surface area contributed by atoms with E-state index >= 15 is 0 Å². The van der Waals surface area contributed by atoms with Gasteiger partial charge >= 0.3 is 5.97 Å². The molecule has 1 aromatic heterocycles. The Bertz CT molecular complexity index is 594. The van der Waals surface area contributed by atoms with E-state index in [1.54, 1.807) is 12.3 Å². The standard InChI is InChI=1S/C11H16N2O4S2/c1-7-6-18-9(11(14)17-2)10(7)19(15,16)13-4-3-8(12)5-13/h6,8H,3-5,12H2,1-2H3. The normalized spacial score (nSPS) is 20.7. The minimum Gasteiger partial charge on any atom is -0.465 e. The molecule has 1 aromatic rings. The zero-order valence-electron chi connectivity index (χ0n) is 10.8. The van der Waals surface area contributed by atoms with Crippen molar-refractivity contribution in [2.45, 2.75) is 24.3 Å². The molecule has 0 spiro atoms. The topological polar surface area (TPSA) is 89.7 Å². The van der Waals surface area contributed by atoms with Crippen LogP contribution in [0.15, 0.2) is 10.3 Å². The van der Waals surface area contributed by atoms with Crippen molar-refractivity contribution in [3.63, 3.8) is 0 Å². The summed E-state index contributed by atoms with van der Waals surface area (Å²) in [5.74, 6) is -0.625. The summed E-state index contributed by atoms with van der Waals surface area (Å²) in [4.78, 5) is 11.8. The number of rotatable bonds is 3. The Morgan fingerprint density at radius 1 is 1.58 bits per heavy atom. The highest BCUT2D eigenvalue weighted by molar-refractivity contribution is 7.89. The van der Waals surface area contributed by atoms with Crippen molar-refractivity contribution in [3.8, 4) is 0 Å². The Kier molecular flexibility index (Phi) is 3.95. The summed E-state index contributed by atoms with van der Waals surface area (Å²) in [5, 5.41) is 1.65. The first-order valence-electron chi connectivity index (χ1n) is 5.80. The smallest absolute Gasteiger partial charge is 0.349 e. The summed E-state index contributed by atoms with van der Waals surface area (Å²) in [7, 11) is -2.45. The van der Waals surface area contributed by atoms with Crippen molar-refractivity contribution in [2.75, 3.05) is 20.2 Å². The number of nitrogens with two attached hydrogens (primary N) is 1. The number of thiophene rings is 1. The van der Waals surface area contributed by atoms with Crippen LogP contribution in [-0.4, -0.2) is 44.9 Å². The number of carbonyl (C=O) groups excluding carboxylic acids is 1. The average Bonchev–Trinajstić information content (AvgIpc) is 2.95. The Morgan fingerprint density at radius 2 is 2.26 bits per heavy atom. The lowest BCUT2D eigenvalue weighted by atomic mass is 10.3. The lowest BCUT2D eigenvalue weighted by Gasteiger charge is -2.16. The van der Waals surface area contributed by atoms with Gasteiger partial charge in [-0.3, -0.25) is 0 Å². The van der Waals surface area contributed by atoms with Crippen molar-refractivity contribution in [2.24, 2.45) is 5.73 Å². The van der Waals surface area contributed by atoms with Crippen molar-refractivity contribution in [1.82, 2.24) is 4.31 Å². The average molecular weight is 304 g/mol. The second-order valence-electron chi connectivity index (χ2n) is 4.48. The fourth-order valence-electron chi connectivity index (χ4n) is 2.09. The third kappa shape index (κ3) is 2.53. The van der Waals surface area contributed by atoms with Crippen LogP contribution in [0.5, 0.6) is 0 Å². The van der Waals surface area contributed by atoms with E-state index in [1.807, 2.05) is 0 Å². The van der Waals surface area contributed by atoms with Crippen LogP contribution in [0.2, 0.25) is 0 Å². The van der Waals surface area contributed by atoms with Gasteiger partial charge in [0.25, 0.3) is 0 Å². The molecule has 1 saturated heterocycles. The third-order valence-corrected chi connectivity index (χ3v) is 6.33. The number of aryl methyl sites for hydroxylation is 1. The maximum atomic E-state index is 12.6. The van der Waals surface area contributed by atoms with Crippen LogP contribution in [0.3, 0.4) is 0 Å². The van der Waals surface area contributed by atoms with E-state index in [0.717, 1.165) is 11.3 Å². The minimum absolute atomic E-state index is 0.0541. The SMILES string of the molecule is COC(=O)c1scc(C)c1S(=O)(=O)N1CCC(N)C1. The highest BCUT2D eigenvalue weighted by Crippen LogP contribution is 2.31. The van der Waals surface area contributed by atoms with Gasteiger partial charge in [-0.25, -0.2) is 13.2 Å². The fourth-order valence-corrected chi connectivity index (χ4v) is 5.26. The quantitative estimate of drug-likeness (QED) is 0.824. The molecule has 1 unspecified atom stereocenters. The van der Waals surface area contributed by atoms with E-state index < -0.39 is 16.0 Å². The monoisotopic (exact) mass is 304 g/mol. The number of carbonyl (C=O) groups is 1. The van der Waals surface area contributed by atoms with Gasteiger partial charge in [-0.15, -0.1) is 11.3 Å². The predicted octanol–water partition coefficient (Wildman–Crippen LogP) is 0.565. The van der Waals surface area contributed by atoms with E-state index in [4.69, 9.17) is 5.73 Å². The van der Waals surface area contributed by atoms with Crippen LogP contribution < -0.4 is 5.73 Å². The maximum absolute atomic E-state index is 12.6. The minimum atomic E-state index is -3.68. The highest BCUT2D eigenvalue weighted by atomic mass is 32.2. The first kappa shape index (κ1) is 14.4. The zero-order valence-corrected chi connectivity index (χ0v) is 12.4. The fraction of sp³-hybridized carbons (Fsp3) is 0.545. The zero-order chi connectivity index (χ0) is 14.2. The number of hydrogen-bond acceptors (Lipinski definition) is 6. The third-order valence-electron chi connectivity index (χ3n) is 3.07. The molecule has 0 aromatic carbocycles. The van der Waals surface area contributed by atoms with Gasteiger partial charge in [0.2, 0.25) is 10.0 Å². The predicted molar refractivity (Wildman–Crippen MR) is 71.7 cm³/mol. The number of ether oxygens (including phenoxy) is 1. The van der Waals surface area contributed by atoms with Crippen LogP contribution in [0, 0.1) is 6.92 Å². The molecule has 0 amide bonds. The number of esters is 1. The number of hydrogen-bond donors (Lipinski definition) is 1. The summed E-state index contributed by atoms with van der Waals surface area (Å²) in [6.45, 7) is 2.35. The van der Waals surface area contributed by atoms with Gasteiger partial charge in [0.05, 0.1) is 7.11 Å². The van der Waals surface area contributed by atoms with Crippen LogP contribution in [0.1, 0.15) is 21.7 Å². The molecule has 1 atom stereocenters. The lowest BCUT2D eigenvalue weighted by molar-refractivity contribution is 0.0602. The van der Waals surface area contributed by atoms with E-state index in [-0.39, 0.29) is 22.4 Å². The molecule has 19 heavy (non-hydrogen) atoms. The van der Waals surface area contributed by atoms with E-state index in [1.165, 1.54) is 11.4 Å². The first-order valence-corrected chi connectivity index (χ1v) is 8.12. The molecule has 6 nitrogen and oxygen atoms in total. The number of methoxy groups -OCH3 is 1. The van der Waals surface area contributed by atoms with Crippen molar-refractivity contribution >= 4 is 27.3 Å². The van der Waals surface area contributed by atoms with Crippen molar-refractivity contribution in [3.05, 3.63) is 15.8 Å². The Labute approximate surface area is 116 Å². The van der Waals surface area contributed by atoms with Crippen molar-refractivity contribution in [1.29, 1.82) is 0 Å². The van der Waals surface area contributed by atoms with Crippen molar-refractivity contribution < 1.29 is 17.9 Å². The second-order valence-corrected chi connectivity index (χ2v) is 7.23.